The zero-order valence-corrected chi connectivity index (χ0v) is 10.6. The topological polar surface area (TPSA) is 95.9 Å². The summed E-state index contributed by atoms with van der Waals surface area (Å²) in [7, 11) is 3.11. The molecule has 0 amide bonds. The van der Waals surface area contributed by atoms with Crippen molar-refractivity contribution in [1.29, 1.82) is 0 Å². The molecule has 0 spiro atoms. The molecule has 94 valence electrons. The van der Waals surface area contributed by atoms with Gasteiger partial charge in [0, 0.05) is 13.2 Å². The summed E-state index contributed by atoms with van der Waals surface area (Å²) in [6.07, 6.45) is 3.07. The summed E-state index contributed by atoms with van der Waals surface area (Å²) in [5.74, 6) is -0.491. The molecule has 0 saturated carbocycles. The van der Waals surface area contributed by atoms with E-state index in [1.54, 1.807) is 10.9 Å². The van der Waals surface area contributed by atoms with Gasteiger partial charge < -0.3 is 15.0 Å². The highest BCUT2D eigenvalue weighted by molar-refractivity contribution is 7.99. The van der Waals surface area contributed by atoms with Crippen LogP contribution in [0.4, 0.5) is 5.69 Å². The molecular formula is C10H11N5O2S. The molecule has 2 rings (SSSR count). The molecule has 0 aliphatic rings. The first-order valence-corrected chi connectivity index (χ1v) is 5.79. The smallest absolute Gasteiger partial charge is 0.340 e. The van der Waals surface area contributed by atoms with E-state index in [2.05, 4.69) is 19.9 Å². The molecule has 2 N–H and O–H groups in total. The third-order valence-electron chi connectivity index (χ3n) is 2.22. The number of carbonyl (C=O) groups is 1. The third kappa shape index (κ3) is 2.28. The Morgan fingerprint density at radius 3 is 2.94 bits per heavy atom. The van der Waals surface area contributed by atoms with Gasteiger partial charge in [-0.1, -0.05) is 0 Å². The number of nitrogens with zero attached hydrogens (tertiary/aromatic N) is 4. The predicted molar refractivity (Wildman–Crippen MR) is 65.1 cm³/mol. The first-order valence-electron chi connectivity index (χ1n) is 4.98. The van der Waals surface area contributed by atoms with E-state index in [-0.39, 0.29) is 11.3 Å². The highest BCUT2D eigenvalue weighted by Crippen LogP contribution is 2.30. The molecule has 0 aliphatic heterocycles. The van der Waals surface area contributed by atoms with E-state index in [0.717, 1.165) is 0 Å². The van der Waals surface area contributed by atoms with Crippen molar-refractivity contribution in [3.63, 3.8) is 0 Å². The predicted octanol–water partition coefficient (Wildman–Crippen LogP) is 0.730. The molecule has 8 heteroatoms. The van der Waals surface area contributed by atoms with E-state index in [1.807, 2.05) is 7.05 Å². The van der Waals surface area contributed by atoms with Gasteiger partial charge in [-0.2, -0.15) is 0 Å². The van der Waals surface area contributed by atoms with Crippen LogP contribution in [-0.2, 0) is 11.8 Å². The Balaban J connectivity index is 2.35. The minimum absolute atomic E-state index is 0.275. The van der Waals surface area contributed by atoms with E-state index < -0.39 is 5.97 Å². The molecule has 7 nitrogen and oxygen atoms in total. The maximum absolute atomic E-state index is 11.5. The number of anilines is 1. The Kier molecular flexibility index (Phi) is 3.47. The first-order chi connectivity index (χ1) is 8.63. The quantitative estimate of drug-likeness (QED) is 0.817. The van der Waals surface area contributed by atoms with Crippen molar-refractivity contribution in [2.24, 2.45) is 7.05 Å². The number of hydrogen-bond donors (Lipinski definition) is 1. The van der Waals surface area contributed by atoms with Crippen molar-refractivity contribution >= 4 is 23.4 Å². The van der Waals surface area contributed by atoms with Gasteiger partial charge in [-0.3, -0.25) is 0 Å². The van der Waals surface area contributed by atoms with Crippen LogP contribution in [0.1, 0.15) is 10.4 Å². The molecule has 2 heterocycles. The fourth-order valence-corrected chi connectivity index (χ4v) is 2.06. The number of nitrogens with two attached hydrogens (primary N) is 1. The number of pyridine rings is 1. The van der Waals surface area contributed by atoms with Crippen LogP contribution < -0.4 is 5.73 Å². The average Bonchev–Trinajstić information content (AvgIpc) is 2.77. The van der Waals surface area contributed by atoms with Gasteiger partial charge in [-0.05, 0) is 17.8 Å². The Morgan fingerprint density at radius 1 is 1.56 bits per heavy atom. The number of methoxy groups -OCH3 is 1. The van der Waals surface area contributed by atoms with Crippen LogP contribution in [0.15, 0.2) is 28.8 Å². The number of aryl methyl sites for hydroxylation is 1. The molecule has 0 fully saturated rings. The van der Waals surface area contributed by atoms with E-state index in [9.17, 15) is 4.79 Å². The first kappa shape index (κ1) is 12.4. The molecule has 0 atom stereocenters. The third-order valence-corrected chi connectivity index (χ3v) is 3.29. The number of hydrogen-bond acceptors (Lipinski definition) is 7. The van der Waals surface area contributed by atoms with Gasteiger partial charge in [0.2, 0.25) is 0 Å². The Bertz CT molecular complexity index is 583. The summed E-state index contributed by atoms with van der Waals surface area (Å²) in [6, 6.07) is 1.52. The lowest BCUT2D eigenvalue weighted by Crippen LogP contribution is -2.07. The van der Waals surface area contributed by atoms with Gasteiger partial charge in [-0.15, -0.1) is 10.2 Å². The molecule has 0 saturated heterocycles. The Labute approximate surface area is 107 Å². The number of carbonyl (C=O) groups excluding carboxylic acids is 1. The Morgan fingerprint density at radius 2 is 2.33 bits per heavy atom. The van der Waals surface area contributed by atoms with Gasteiger partial charge >= 0.3 is 5.97 Å². The van der Waals surface area contributed by atoms with Crippen LogP contribution in [0.5, 0.6) is 0 Å². The van der Waals surface area contributed by atoms with Gasteiger partial charge in [0.15, 0.2) is 5.16 Å². The van der Waals surface area contributed by atoms with Crippen molar-refractivity contribution in [1.82, 2.24) is 19.7 Å². The molecule has 2 aromatic rings. The highest BCUT2D eigenvalue weighted by Gasteiger charge is 2.16. The van der Waals surface area contributed by atoms with Crippen molar-refractivity contribution < 1.29 is 9.53 Å². The molecule has 0 bridgehead atoms. The van der Waals surface area contributed by atoms with E-state index in [4.69, 9.17) is 5.73 Å². The van der Waals surface area contributed by atoms with Gasteiger partial charge in [-0.25, -0.2) is 9.78 Å². The lowest BCUT2D eigenvalue weighted by Gasteiger charge is -2.07. The minimum Gasteiger partial charge on any atom is -0.465 e. The van der Waals surface area contributed by atoms with E-state index >= 15 is 0 Å². The van der Waals surface area contributed by atoms with Crippen molar-refractivity contribution in [2.45, 2.75) is 10.2 Å². The molecule has 2 aromatic heterocycles. The summed E-state index contributed by atoms with van der Waals surface area (Å²) in [6.45, 7) is 0. The van der Waals surface area contributed by atoms with Gasteiger partial charge in [0.05, 0.1) is 18.4 Å². The second kappa shape index (κ2) is 5.05. The summed E-state index contributed by atoms with van der Waals surface area (Å²) < 4.78 is 6.37. The normalized spacial score (nSPS) is 10.3. The van der Waals surface area contributed by atoms with Crippen LogP contribution >= 0.6 is 11.8 Å². The molecule has 0 aliphatic carbocycles. The number of nitrogen functional groups attached to an aromatic ring is 1. The SMILES string of the molecule is COC(=O)c1ccnc(Sc2nncn2C)c1N. The summed E-state index contributed by atoms with van der Waals surface area (Å²) in [4.78, 5) is 15.6. The number of esters is 1. The van der Waals surface area contributed by atoms with E-state index in [0.29, 0.717) is 10.2 Å². The van der Waals surface area contributed by atoms with Crippen molar-refractivity contribution in [2.75, 3.05) is 12.8 Å². The highest BCUT2D eigenvalue weighted by atomic mass is 32.2. The lowest BCUT2D eigenvalue weighted by molar-refractivity contribution is 0.0601. The van der Waals surface area contributed by atoms with Crippen LogP contribution in [0, 0.1) is 0 Å². The summed E-state index contributed by atoms with van der Waals surface area (Å²) >= 11 is 1.24. The monoisotopic (exact) mass is 265 g/mol. The standard InChI is InChI=1S/C10H11N5O2S/c1-15-5-13-14-10(15)18-8-7(11)6(3-4-12-8)9(16)17-2/h3-5H,11H2,1-2H3. The Hall–Kier alpha value is -2.09. The number of ether oxygens (including phenoxy) is 1. The number of rotatable bonds is 3. The second-order valence-corrected chi connectivity index (χ2v) is 4.35. The average molecular weight is 265 g/mol. The summed E-state index contributed by atoms with van der Waals surface area (Å²) in [5, 5.41) is 8.79. The molecule has 18 heavy (non-hydrogen) atoms. The van der Waals surface area contributed by atoms with E-state index in [1.165, 1.54) is 31.1 Å². The molecule has 0 unspecified atom stereocenters. The zero-order chi connectivity index (χ0) is 13.1. The minimum atomic E-state index is -0.491. The molecule has 0 aromatic carbocycles. The summed E-state index contributed by atoms with van der Waals surface area (Å²) in [5.41, 5.74) is 6.45. The second-order valence-electron chi connectivity index (χ2n) is 3.40. The zero-order valence-electron chi connectivity index (χ0n) is 9.82. The van der Waals surface area contributed by atoms with Crippen molar-refractivity contribution in [3.05, 3.63) is 24.2 Å². The maximum Gasteiger partial charge on any atom is 0.340 e. The fourth-order valence-electron chi connectivity index (χ4n) is 1.27. The van der Waals surface area contributed by atoms with Crippen LogP contribution in [0.2, 0.25) is 0 Å². The number of aromatic nitrogens is 4. The van der Waals surface area contributed by atoms with Gasteiger partial charge in [0.1, 0.15) is 11.4 Å². The van der Waals surface area contributed by atoms with Gasteiger partial charge in [0.25, 0.3) is 0 Å². The maximum atomic E-state index is 11.5. The fraction of sp³-hybridized carbons (Fsp3) is 0.200. The van der Waals surface area contributed by atoms with Crippen LogP contribution in [0.3, 0.4) is 0 Å². The lowest BCUT2D eigenvalue weighted by atomic mass is 10.2. The van der Waals surface area contributed by atoms with Crippen LogP contribution in [-0.4, -0.2) is 32.8 Å². The van der Waals surface area contributed by atoms with Crippen molar-refractivity contribution in [3.8, 4) is 0 Å². The molecule has 0 radical (unpaired) electrons. The van der Waals surface area contributed by atoms with Crippen LogP contribution in [0.25, 0.3) is 0 Å². The largest absolute Gasteiger partial charge is 0.465 e. The molecular weight excluding hydrogens is 254 g/mol.